The fraction of sp³-hybridized carbons (Fsp3) is 0.512. The molecule has 10 nitrogen and oxygen atoms in total. The van der Waals surface area contributed by atoms with Gasteiger partial charge in [0.25, 0.3) is 11.8 Å². The van der Waals surface area contributed by atoms with Crippen molar-refractivity contribution in [3.05, 3.63) is 93.8 Å². The van der Waals surface area contributed by atoms with Gasteiger partial charge >= 0.3 is 0 Å². The number of fused-ring (bicyclic) bond motifs is 5. The third-order valence-electron chi connectivity index (χ3n) is 12.8. The number of allylic oxidation sites excluding steroid dienone is 1. The van der Waals surface area contributed by atoms with Crippen molar-refractivity contribution in [3.8, 4) is 5.75 Å². The molecule has 12 heteroatoms. The molecule has 5 aliphatic rings. The SMILES string of the molecule is CO[C@H]1/C=C/C[C@H](C)[C@@H](C)S(=O)(/C=N/C(=O)c2cc3n(c2)C[C@H](C)OC3)=NC(=O)c2ccc3c(c2)N(C[C@@H]2CC[C@H]21)C[C@@]1(CCCc2cc(Cl)ccc21)CO3. The van der Waals surface area contributed by atoms with E-state index >= 15 is 0 Å². The van der Waals surface area contributed by atoms with E-state index in [-0.39, 0.29) is 23.5 Å². The number of carbonyl (C=O) groups is 2. The molecule has 292 valence electrons. The number of hydrogen-bond acceptors (Lipinski definition) is 7. The van der Waals surface area contributed by atoms with E-state index in [1.54, 1.807) is 25.4 Å². The highest BCUT2D eigenvalue weighted by atomic mass is 35.5. The Balaban J connectivity index is 1.19. The molecule has 3 aliphatic heterocycles. The predicted molar refractivity (Wildman–Crippen MR) is 216 cm³/mol. The van der Waals surface area contributed by atoms with Crippen LogP contribution in [0.3, 0.4) is 0 Å². The molecule has 55 heavy (non-hydrogen) atoms. The summed E-state index contributed by atoms with van der Waals surface area (Å²) in [6.45, 7) is 8.84. The maximum Gasteiger partial charge on any atom is 0.285 e. The molecule has 1 fully saturated rings. The zero-order valence-corrected chi connectivity index (χ0v) is 33.7. The number of ether oxygens (including phenoxy) is 3. The zero-order valence-electron chi connectivity index (χ0n) is 32.1. The average Bonchev–Trinajstić information content (AvgIpc) is 3.52. The second kappa shape index (κ2) is 15.3. The third kappa shape index (κ3) is 7.45. The van der Waals surface area contributed by atoms with E-state index in [0.717, 1.165) is 60.6 Å². The van der Waals surface area contributed by atoms with Crippen LogP contribution in [0.25, 0.3) is 0 Å². The number of anilines is 1. The van der Waals surface area contributed by atoms with Crippen molar-refractivity contribution in [2.75, 3.05) is 31.7 Å². The molecule has 2 bridgehead atoms. The Kier molecular flexibility index (Phi) is 10.6. The molecule has 8 atom stereocenters. The summed E-state index contributed by atoms with van der Waals surface area (Å²) >= 11 is 6.48. The van der Waals surface area contributed by atoms with Crippen molar-refractivity contribution >= 4 is 44.4 Å². The minimum atomic E-state index is -3.48. The first-order valence-corrected chi connectivity index (χ1v) is 21.7. The second-order valence-corrected chi connectivity index (χ2v) is 19.2. The summed E-state index contributed by atoms with van der Waals surface area (Å²) in [5.74, 6) is 0.123. The van der Waals surface area contributed by atoms with Gasteiger partial charge in [0, 0.05) is 59.9 Å². The van der Waals surface area contributed by atoms with E-state index in [0.29, 0.717) is 61.4 Å². The van der Waals surface area contributed by atoms with Gasteiger partial charge < -0.3 is 23.7 Å². The lowest BCUT2D eigenvalue weighted by Crippen LogP contribution is -2.49. The summed E-state index contributed by atoms with van der Waals surface area (Å²) in [6.07, 6.45) is 11.7. The Labute approximate surface area is 329 Å². The van der Waals surface area contributed by atoms with E-state index in [9.17, 15) is 13.8 Å². The van der Waals surface area contributed by atoms with E-state index < -0.39 is 26.8 Å². The van der Waals surface area contributed by atoms with E-state index in [1.807, 2.05) is 43.5 Å². The average molecular weight is 787 g/mol. The van der Waals surface area contributed by atoms with Crippen LogP contribution in [0.2, 0.25) is 5.02 Å². The number of halogens is 1. The molecule has 3 aromatic rings. The number of benzene rings is 2. The Morgan fingerprint density at radius 1 is 1.13 bits per heavy atom. The summed E-state index contributed by atoms with van der Waals surface area (Å²) < 4.78 is 39.9. The smallest absolute Gasteiger partial charge is 0.285 e. The molecule has 2 aromatic carbocycles. The van der Waals surface area contributed by atoms with Gasteiger partial charge in [-0.05, 0) is 118 Å². The van der Waals surface area contributed by atoms with E-state index in [4.69, 9.17) is 25.8 Å². The number of aryl methyl sites for hydroxylation is 1. The number of hydrogen-bond donors (Lipinski definition) is 0. The minimum Gasteiger partial charge on any atom is -0.490 e. The predicted octanol–water partition coefficient (Wildman–Crippen LogP) is 8.04. The van der Waals surface area contributed by atoms with Crippen molar-refractivity contribution in [2.45, 2.75) is 95.3 Å². The third-order valence-corrected chi connectivity index (χ3v) is 15.4. The highest BCUT2D eigenvalue weighted by molar-refractivity contribution is 8.07. The Morgan fingerprint density at radius 2 is 1.98 bits per heavy atom. The number of amides is 2. The molecule has 2 amide bonds. The van der Waals surface area contributed by atoms with Crippen LogP contribution in [0, 0.1) is 17.8 Å². The van der Waals surface area contributed by atoms with Gasteiger partial charge in [-0.15, -0.1) is 0 Å². The fourth-order valence-corrected chi connectivity index (χ4v) is 11.2. The number of aliphatic imine (C=N–C) groups is 1. The Morgan fingerprint density at radius 3 is 2.78 bits per heavy atom. The van der Waals surface area contributed by atoms with Crippen LogP contribution in [0.4, 0.5) is 5.69 Å². The summed E-state index contributed by atoms with van der Waals surface area (Å²) in [5, 5.41) is 0.143. The standard InChI is InChI=1S/C43H51ClN4O6S/c1-27-7-5-9-39(52-4)36-13-10-32(36)21-48-24-43(16-6-8-30-17-34(44)12-14-37(30)43)25-54-40-15-11-31(19-38(40)48)42(50)46-55(51,29(27)3)26-45-41(49)33-18-35-23-53-28(2)20-47(35)22-33/h5,9,11-12,14-15,17-19,22,26-29,32,36,39H,6-8,10,13,16,20-21,23-25H2,1-4H3/b9-5+,45-26+/t27-,28-,29+,32-,36+,39-,43-,55?/m0/s1. The first kappa shape index (κ1) is 38.1. The van der Waals surface area contributed by atoms with Crippen LogP contribution < -0.4 is 9.64 Å². The van der Waals surface area contributed by atoms with Gasteiger partial charge in [0.15, 0.2) is 0 Å². The molecule has 1 saturated carbocycles. The molecular weight excluding hydrogens is 736 g/mol. The van der Waals surface area contributed by atoms with E-state index in [2.05, 4.69) is 38.5 Å². The van der Waals surface area contributed by atoms with Crippen LogP contribution in [0.5, 0.6) is 5.75 Å². The molecule has 2 aliphatic carbocycles. The largest absolute Gasteiger partial charge is 0.490 e. The van der Waals surface area contributed by atoms with Crippen LogP contribution in [0.1, 0.15) is 90.4 Å². The minimum absolute atomic E-state index is 0.0333. The summed E-state index contributed by atoms with van der Waals surface area (Å²) in [4.78, 5) is 34.2. The van der Waals surface area contributed by atoms with Crippen LogP contribution >= 0.6 is 11.6 Å². The van der Waals surface area contributed by atoms with Gasteiger partial charge in [0.2, 0.25) is 0 Å². The summed E-state index contributed by atoms with van der Waals surface area (Å²) in [6, 6.07) is 13.4. The maximum atomic E-state index is 15.0. The van der Waals surface area contributed by atoms with Gasteiger partial charge in [-0.3, -0.25) is 9.59 Å². The number of carbonyl (C=O) groups excluding carboxylic acids is 2. The van der Waals surface area contributed by atoms with Gasteiger partial charge in [0.05, 0.1) is 46.4 Å². The number of methoxy groups -OCH3 is 1. The molecule has 1 aromatic heterocycles. The molecule has 0 saturated heterocycles. The van der Waals surface area contributed by atoms with Crippen LogP contribution in [-0.2, 0) is 44.2 Å². The van der Waals surface area contributed by atoms with Crippen molar-refractivity contribution in [1.29, 1.82) is 0 Å². The van der Waals surface area contributed by atoms with Crippen molar-refractivity contribution in [1.82, 2.24) is 4.57 Å². The first-order valence-electron chi connectivity index (χ1n) is 19.6. The molecule has 0 radical (unpaired) electrons. The Bertz CT molecular complexity index is 2170. The Hall–Kier alpha value is -3.77. The van der Waals surface area contributed by atoms with Crippen LogP contribution in [-0.4, -0.2) is 70.4 Å². The maximum absolute atomic E-state index is 15.0. The summed E-state index contributed by atoms with van der Waals surface area (Å²) in [7, 11) is -1.70. The summed E-state index contributed by atoms with van der Waals surface area (Å²) in [5.41, 5.74) is 5.80. The lowest BCUT2D eigenvalue weighted by molar-refractivity contribution is 0.0131. The highest BCUT2D eigenvalue weighted by Gasteiger charge is 2.44. The van der Waals surface area contributed by atoms with Gasteiger partial charge in [0.1, 0.15) is 11.3 Å². The lowest BCUT2D eigenvalue weighted by Gasteiger charge is -2.46. The topological polar surface area (TPSA) is 112 Å². The lowest BCUT2D eigenvalue weighted by atomic mass is 9.68. The van der Waals surface area contributed by atoms with Crippen molar-refractivity contribution < 1.29 is 28.0 Å². The molecule has 0 N–H and O–H groups in total. The van der Waals surface area contributed by atoms with E-state index in [1.165, 1.54) is 11.1 Å². The zero-order chi connectivity index (χ0) is 38.5. The molecule has 4 heterocycles. The van der Waals surface area contributed by atoms with Gasteiger partial charge in [-0.1, -0.05) is 36.7 Å². The monoisotopic (exact) mass is 786 g/mol. The quantitative estimate of drug-likeness (QED) is 0.150. The van der Waals surface area contributed by atoms with Crippen molar-refractivity contribution in [3.63, 3.8) is 0 Å². The van der Waals surface area contributed by atoms with Crippen molar-refractivity contribution in [2.24, 2.45) is 27.1 Å². The number of nitrogens with zero attached hydrogens (tertiary/aromatic N) is 4. The second-order valence-electron chi connectivity index (χ2n) is 16.4. The van der Waals surface area contributed by atoms with Crippen LogP contribution in [0.15, 0.2) is 70.2 Å². The number of rotatable bonds is 3. The fourth-order valence-electron chi connectivity index (χ4n) is 9.23. The molecule has 8 rings (SSSR count). The normalized spacial score (nSPS) is 32.7. The molecular formula is C43H51ClN4O6S. The van der Waals surface area contributed by atoms with Gasteiger partial charge in [-0.2, -0.15) is 4.36 Å². The molecule has 1 unspecified atom stereocenters. The number of aromatic nitrogens is 1. The molecule has 1 spiro atoms. The van der Waals surface area contributed by atoms with Gasteiger partial charge in [-0.25, -0.2) is 9.20 Å². The highest BCUT2D eigenvalue weighted by Crippen LogP contribution is 2.47. The first-order chi connectivity index (χ1) is 26.4.